The summed E-state index contributed by atoms with van der Waals surface area (Å²) in [6.45, 7) is 0.778. The highest BCUT2D eigenvalue weighted by Crippen LogP contribution is 2.14. The monoisotopic (exact) mass is 254 g/mol. The van der Waals surface area contributed by atoms with Gasteiger partial charge in [0.1, 0.15) is 11.9 Å². The third kappa shape index (κ3) is 3.82. The molecule has 0 atom stereocenters. The summed E-state index contributed by atoms with van der Waals surface area (Å²) >= 11 is 0. The number of anilines is 1. The highest BCUT2D eigenvalue weighted by Gasteiger charge is 2.01. The molecule has 0 spiro atoms. The molecule has 0 amide bonds. The highest BCUT2D eigenvalue weighted by molar-refractivity contribution is 5.48. The van der Waals surface area contributed by atoms with E-state index in [0.717, 1.165) is 19.4 Å². The van der Waals surface area contributed by atoms with Crippen molar-refractivity contribution in [2.45, 2.75) is 12.8 Å². The number of nitrogens with zero attached hydrogens (tertiary/aromatic N) is 1. The maximum Gasteiger partial charge on any atom is 0.143 e. The Kier molecular flexibility index (Phi) is 4.52. The van der Waals surface area contributed by atoms with Crippen LogP contribution < -0.4 is 5.32 Å². The number of benzene rings is 2. The Hall–Kier alpha value is -2.34. The maximum absolute atomic E-state index is 13.4. The summed E-state index contributed by atoms with van der Waals surface area (Å²) < 4.78 is 13.4. The lowest BCUT2D eigenvalue weighted by molar-refractivity contribution is 0.624. The molecular formula is C16H15FN2. The summed E-state index contributed by atoms with van der Waals surface area (Å²) in [5.74, 6) is -0.476. The molecule has 19 heavy (non-hydrogen) atoms. The van der Waals surface area contributed by atoms with E-state index in [1.54, 1.807) is 6.07 Å². The molecule has 0 unspecified atom stereocenters. The Morgan fingerprint density at radius 1 is 1.11 bits per heavy atom. The van der Waals surface area contributed by atoms with Crippen LogP contribution in [0.4, 0.5) is 10.1 Å². The van der Waals surface area contributed by atoms with Crippen LogP contribution in [0.15, 0.2) is 48.5 Å². The van der Waals surface area contributed by atoms with E-state index in [1.807, 2.05) is 24.3 Å². The van der Waals surface area contributed by atoms with Crippen molar-refractivity contribution in [3.8, 4) is 6.07 Å². The van der Waals surface area contributed by atoms with Crippen LogP contribution in [0.3, 0.4) is 0 Å². The zero-order valence-electron chi connectivity index (χ0n) is 10.6. The van der Waals surface area contributed by atoms with Crippen LogP contribution in [-0.2, 0) is 6.42 Å². The lowest BCUT2D eigenvalue weighted by Gasteiger charge is -2.07. The molecule has 2 nitrogen and oxygen atoms in total. The van der Waals surface area contributed by atoms with Gasteiger partial charge in [-0.15, -0.1) is 0 Å². The van der Waals surface area contributed by atoms with E-state index in [2.05, 4.69) is 17.4 Å². The fourth-order valence-corrected chi connectivity index (χ4v) is 1.89. The minimum atomic E-state index is -0.476. The molecule has 0 bridgehead atoms. The van der Waals surface area contributed by atoms with E-state index in [9.17, 15) is 4.39 Å². The number of nitriles is 1. The lowest BCUT2D eigenvalue weighted by Crippen LogP contribution is -2.03. The van der Waals surface area contributed by atoms with Crippen LogP contribution in [0, 0.1) is 17.1 Å². The number of hydrogen-bond donors (Lipinski definition) is 1. The minimum absolute atomic E-state index is 0.0786. The molecule has 0 aliphatic carbocycles. The van der Waals surface area contributed by atoms with Crippen LogP contribution in [0.5, 0.6) is 0 Å². The van der Waals surface area contributed by atoms with Gasteiger partial charge in [0.05, 0.1) is 5.56 Å². The van der Waals surface area contributed by atoms with E-state index < -0.39 is 5.82 Å². The van der Waals surface area contributed by atoms with Crippen molar-refractivity contribution in [3.63, 3.8) is 0 Å². The normalized spacial score (nSPS) is 9.89. The standard InChI is InChI=1S/C16H15FN2/c17-16-11-15(9-8-14(16)12-18)19-10-4-7-13-5-2-1-3-6-13/h1-3,5-6,8-9,11,19H,4,7,10H2. The average Bonchev–Trinajstić information content (AvgIpc) is 2.45. The van der Waals surface area contributed by atoms with Crippen molar-refractivity contribution in [3.05, 3.63) is 65.5 Å². The Balaban J connectivity index is 1.80. The van der Waals surface area contributed by atoms with Crippen LogP contribution in [-0.4, -0.2) is 6.54 Å². The van der Waals surface area contributed by atoms with Gasteiger partial charge in [0, 0.05) is 12.2 Å². The second-order valence-electron chi connectivity index (χ2n) is 4.32. The third-order valence-electron chi connectivity index (χ3n) is 2.90. The summed E-state index contributed by atoms with van der Waals surface area (Å²) in [5.41, 5.74) is 2.09. The predicted molar refractivity (Wildman–Crippen MR) is 74.4 cm³/mol. The molecular weight excluding hydrogens is 239 g/mol. The number of hydrogen-bond acceptors (Lipinski definition) is 2. The van der Waals surface area contributed by atoms with Crippen molar-refractivity contribution in [2.75, 3.05) is 11.9 Å². The molecule has 0 aliphatic heterocycles. The predicted octanol–water partition coefficient (Wildman–Crippen LogP) is 3.74. The SMILES string of the molecule is N#Cc1ccc(NCCCc2ccccc2)cc1F. The molecule has 96 valence electrons. The highest BCUT2D eigenvalue weighted by atomic mass is 19.1. The molecule has 0 aromatic heterocycles. The first-order valence-electron chi connectivity index (χ1n) is 6.27. The van der Waals surface area contributed by atoms with Crippen molar-refractivity contribution < 1.29 is 4.39 Å². The molecule has 2 aromatic carbocycles. The van der Waals surface area contributed by atoms with Gasteiger partial charge in [-0.25, -0.2) is 4.39 Å². The van der Waals surface area contributed by atoms with E-state index >= 15 is 0 Å². The summed E-state index contributed by atoms with van der Waals surface area (Å²) in [6, 6.07) is 16.6. The van der Waals surface area contributed by atoms with Crippen molar-refractivity contribution in [1.82, 2.24) is 0 Å². The topological polar surface area (TPSA) is 35.8 Å². The fraction of sp³-hybridized carbons (Fsp3) is 0.188. The molecule has 0 radical (unpaired) electrons. The van der Waals surface area contributed by atoms with Gasteiger partial charge >= 0.3 is 0 Å². The Morgan fingerprint density at radius 2 is 1.89 bits per heavy atom. The molecule has 0 aliphatic rings. The molecule has 2 rings (SSSR count). The average molecular weight is 254 g/mol. The van der Waals surface area contributed by atoms with Gasteiger partial charge in [0.2, 0.25) is 0 Å². The number of aryl methyl sites for hydroxylation is 1. The molecule has 3 heteroatoms. The summed E-state index contributed by atoms with van der Waals surface area (Å²) in [5, 5.41) is 11.8. The van der Waals surface area contributed by atoms with Gasteiger partial charge in [-0.1, -0.05) is 30.3 Å². The summed E-state index contributed by atoms with van der Waals surface area (Å²) in [6.07, 6.45) is 1.97. The van der Waals surface area contributed by atoms with Gasteiger partial charge in [-0.05, 0) is 36.6 Å². The van der Waals surface area contributed by atoms with Crippen LogP contribution >= 0.6 is 0 Å². The minimum Gasteiger partial charge on any atom is -0.385 e. The van der Waals surface area contributed by atoms with Crippen molar-refractivity contribution in [2.24, 2.45) is 0 Å². The molecule has 0 heterocycles. The molecule has 0 saturated heterocycles. The van der Waals surface area contributed by atoms with Crippen molar-refractivity contribution >= 4 is 5.69 Å². The zero-order chi connectivity index (χ0) is 13.5. The smallest absolute Gasteiger partial charge is 0.143 e. The van der Waals surface area contributed by atoms with E-state index in [4.69, 9.17) is 5.26 Å². The molecule has 1 N–H and O–H groups in total. The van der Waals surface area contributed by atoms with Gasteiger partial charge in [-0.3, -0.25) is 0 Å². The molecule has 2 aromatic rings. The third-order valence-corrected chi connectivity index (χ3v) is 2.90. The Bertz CT molecular complexity index is 573. The Labute approximate surface area is 112 Å². The molecule has 0 fully saturated rings. The van der Waals surface area contributed by atoms with Gasteiger partial charge in [0.15, 0.2) is 0 Å². The van der Waals surface area contributed by atoms with E-state index in [-0.39, 0.29) is 5.56 Å². The molecule has 0 saturated carbocycles. The Morgan fingerprint density at radius 3 is 2.58 bits per heavy atom. The number of nitrogens with one attached hydrogen (secondary N) is 1. The van der Waals surface area contributed by atoms with E-state index in [0.29, 0.717) is 5.69 Å². The van der Waals surface area contributed by atoms with Crippen LogP contribution in [0.2, 0.25) is 0 Å². The first-order chi connectivity index (χ1) is 9.29. The number of rotatable bonds is 5. The first kappa shape index (κ1) is 13.1. The summed E-state index contributed by atoms with van der Waals surface area (Å²) in [4.78, 5) is 0. The maximum atomic E-state index is 13.4. The fourth-order valence-electron chi connectivity index (χ4n) is 1.89. The second kappa shape index (κ2) is 6.55. The summed E-state index contributed by atoms with van der Waals surface area (Å²) in [7, 11) is 0. The van der Waals surface area contributed by atoms with Gasteiger partial charge in [0.25, 0.3) is 0 Å². The van der Waals surface area contributed by atoms with Gasteiger partial charge < -0.3 is 5.32 Å². The first-order valence-corrected chi connectivity index (χ1v) is 6.27. The quantitative estimate of drug-likeness (QED) is 0.825. The largest absolute Gasteiger partial charge is 0.385 e. The van der Waals surface area contributed by atoms with Gasteiger partial charge in [-0.2, -0.15) is 5.26 Å². The van der Waals surface area contributed by atoms with Crippen LogP contribution in [0.25, 0.3) is 0 Å². The second-order valence-corrected chi connectivity index (χ2v) is 4.32. The van der Waals surface area contributed by atoms with Crippen LogP contribution in [0.1, 0.15) is 17.5 Å². The lowest BCUT2D eigenvalue weighted by atomic mass is 10.1. The number of halogens is 1. The van der Waals surface area contributed by atoms with E-state index in [1.165, 1.54) is 17.7 Å². The van der Waals surface area contributed by atoms with Crippen molar-refractivity contribution in [1.29, 1.82) is 5.26 Å². The zero-order valence-corrected chi connectivity index (χ0v) is 10.6.